The molecule has 0 aromatic carbocycles. The van der Waals surface area contributed by atoms with E-state index in [1.54, 1.807) is 0 Å². The van der Waals surface area contributed by atoms with Crippen LogP contribution in [0, 0.1) is 11.3 Å². The molecule has 2 N–H and O–H groups in total. The number of aryl methyl sites for hydroxylation is 2. The fraction of sp³-hybridized carbons (Fsp3) is 0.750. The summed E-state index contributed by atoms with van der Waals surface area (Å²) < 4.78 is 7.15. The van der Waals surface area contributed by atoms with Crippen molar-refractivity contribution < 1.29 is 9.53 Å². The third-order valence-electron chi connectivity index (χ3n) is 3.81. The highest BCUT2D eigenvalue weighted by Gasteiger charge is 2.40. The van der Waals surface area contributed by atoms with Crippen LogP contribution in [0.25, 0.3) is 0 Å². The van der Waals surface area contributed by atoms with Crippen LogP contribution in [-0.2, 0) is 29.4 Å². The zero-order valence-corrected chi connectivity index (χ0v) is 14.0. The van der Waals surface area contributed by atoms with Crippen LogP contribution in [0.2, 0.25) is 0 Å². The van der Waals surface area contributed by atoms with Gasteiger partial charge in [0.15, 0.2) is 0 Å². The predicted molar refractivity (Wildman–Crippen MR) is 83.9 cm³/mol. The van der Waals surface area contributed by atoms with Gasteiger partial charge in [-0.2, -0.15) is 5.10 Å². The Morgan fingerprint density at radius 2 is 2.14 bits per heavy atom. The van der Waals surface area contributed by atoms with Crippen LogP contribution in [-0.4, -0.2) is 28.9 Å². The van der Waals surface area contributed by atoms with Crippen molar-refractivity contribution in [2.75, 3.05) is 13.2 Å². The van der Waals surface area contributed by atoms with E-state index >= 15 is 0 Å². The largest absolute Gasteiger partial charge is 0.466 e. The minimum Gasteiger partial charge on any atom is -0.466 e. The Morgan fingerprint density at radius 3 is 2.57 bits per heavy atom. The molecule has 21 heavy (non-hydrogen) atoms. The van der Waals surface area contributed by atoms with Gasteiger partial charge in [0, 0.05) is 25.7 Å². The number of nitrogens with two attached hydrogens (primary N) is 1. The first kappa shape index (κ1) is 17.7. The zero-order chi connectivity index (χ0) is 16.0. The lowest BCUT2D eigenvalue weighted by atomic mass is 9.76. The fourth-order valence-corrected chi connectivity index (χ4v) is 2.79. The molecule has 1 aromatic heterocycles. The van der Waals surface area contributed by atoms with E-state index in [-0.39, 0.29) is 12.5 Å². The van der Waals surface area contributed by atoms with Crippen molar-refractivity contribution in [3.63, 3.8) is 0 Å². The molecule has 1 atom stereocenters. The average molecular weight is 295 g/mol. The van der Waals surface area contributed by atoms with Crippen molar-refractivity contribution >= 4 is 5.97 Å². The number of rotatable bonds is 8. The van der Waals surface area contributed by atoms with E-state index in [4.69, 9.17) is 10.5 Å². The first-order chi connectivity index (χ1) is 9.88. The molecule has 0 spiro atoms. The van der Waals surface area contributed by atoms with Gasteiger partial charge in [-0.15, -0.1) is 0 Å². The number of hydrogen-bond acceptors (Lipinski definition) is 4. The Morgan fingerprint density at radius 1 is 1.48 bits per heavy atom. The lowest BCUT2D eigenvalue weighted by Crippen LogP contribution is -2.43. The summed E-state index contributed by atoms with van der Waals surface area (Å²) in [5.74, 6) is 0.178. The molecule has 5 heteroatoms. The summed E-state index contributed by atoms with van der Waals surface area (Å²) >= 11 is 0. The first-order valence-corrected chi connectivity index (χ1v) is 7.77. The highest BCUT2D eigenvalue weighted by molar-refractivity contribution is 5.77. The van der Waals surface area contributed by atoms with Crippen molar-refractivity contribution in [1.29, 1.82) is 0 Å². The summed E-state index contributed by atoms with van der Waals surface area (Å²) in [4.78, 5) is 12.5. The molecule has 1 rings (SSSR count). The monoisotopic (exact) mass is 295 g/mol. The molecule has 5 nitrogen and oxygen atoms in total. The van der Waals surface area contributed by atoms with Gasteiger partial charge in [0.2, 0.25) is 0 Å². The molecule has 0 aliphatic heterocycles. The second kappa shape index (κ2) is 7.59. The van der Waals surface area contributed by atoms with E-state index in [1.165, 1.54) is 0 Å². The minimum absolute atomic E-state index is 0.194. The van der Waals surface area contributed by atoms with Gasteiger partial charge >= 0.3 is 5.97 Å². The van der Waals surface area contributed by atoms with E-state index in [9.17, 15) is 4.79 Å². The number of nitrogens with zero attached hydrogens (tertiary/aromatic N) is 2. The molecule has 0 aliphatic rings. The van der Waals surface area contributed by atoms with Crippen LogP contribution in [0.5, 0.6) is 0 Å². The summed E-state index contributed by atoms with van der Waals surface area (Å²) in [6.45, 7) is 8.77. The van der Waals surface area contributed by atoms with Crippen molar-refractivity contribution in [2.45, 2.75) is 47.0 Å². The van der Waals surface area contributed by atoms with Crippen LogP contribution < -0.4 is 5.73 Å². The van der Waals surface area contributed by atoms with E-state index in [1.807, 2.05) is 18.7 Å². The SMILES string of the molecule is CCOC(=O)C(CN)(Cc1cc(CC)nn1C)CC(C)C. The van der Waals surface area contributed by atoms with Gasteiger partial charge < -0.3 is 10.5 Å². The van der Waals surface area contributed by atoms with Crippen LogP contribution in [0.15, 0.2) is 6.07 Å². The number of ether oxygens (including phenoxy) is 1. The predicted octanol–water partition coefficient (Wildman–Crippen LogP) is 2.08. The van der Waals surface area contributed by atoms with Crippen LogP contribution in [0.4, 0.5) is 0 Å². The molecule has 0 amide bonds. The quantitative estimate of drug-likeness (QED) is 0.745. The molecule has 0 saturated carbocycles. The maximum absolute atomic E-state index is 12.5. The van der Waals surface area contributed by atoms with Gasteiger partial charge in [-0.25, -0.2) is 0 Å². The molecule has 0 bridgehead atoms. The molecular weight excluding hydrogens is 266 g/mol. The van der Waals surface area contributed by atoms with Gasteiger partial charge in [0.05, 0.1) is 17.7 Å². The van der Waals surface area contributed by atoms with Crippen LogP contribution >= 0.6 is 0 Å². The van der Waals surface area contributed by atoms with E-state index in [0.717, 1.165) is 24.2 Å². The summed E-state index contributed by atoms with van der Waals surface area (Å²) in [5, 5.41) is 4.46. The second-order valence-corrected chi connectivity index (χ2v) is 6.08. The Hall–Kier alpha value is -1.36. The van der Waals surface area contributed by atoms with Gasteiger partial charge in [-0.1, -0.05) is 20.8 Å². The molecule has 0 aliphatic carbocycles. The number of esters is 1. The van der Waals surface area contributed by atoms with E-state index < -0.39 is 5.41 Å². The summed E-state index contributed by atoms with van der Waals surface area (Å²) in [5.41, 5.74) is 7.40. The summed E-state index contributed by atoms with van der Waals surface area (Å²) in [6.07, 6.45) is 2.17. The molecule has 120 valence electrons. The number of carbonyl (C=O) groups excluding carboxylic acids is 1. The first-order valence-electron chi connectivity index (χ1n) is 7.77. The molecular formula is C16H29N3O2. The molecule has 0 saturated heterocycles. The van der Waals surface area contributed by atoms with Gasteiger partial charge in [-0.3, -0.25) is 9.48 Å². The van der Waals surface area contributed by atoms with E-state index in [2.05, 4.69) is 31.9 Å². The highest BCUT2D eigenvalue weighted by Crippen LogP contribution is 2.32. The van der Waals surface area contributed by atoms with Gasteiger partial charge in [-0.05, 0) is 31.7 Å². The molecule has 0 fully saturated rings. The maximum atomic E-state index is 12.5. The Labute approximate surface area is 127 Å². The van der Waals surface area contributed by atoms with Crippen molar-refractivity contribution in [3.05, 3.63) is 17.5 Å². The van der Waals surface area contributed by atoms with Crippen LogP contribution in [0.1, 0.15) is 45.5 Å². The number of aromatic nitrogens is 2. The molecule has 1 heterocycles. The van der Waals surface area contributed by atoms with Gasteiger partial charge in [0.1, 0.15) is 0 Å². The van der Waals surface area contributed by atoms with Crippen LogP contribution in [0.3, 0.4) is 0 Å². The number of carbonyl (C=O) groups is 1. The topological polar surface area (TPSA) is 70.1 Å². The highest BCUT2D eigenvalue weighted by atomic mass is 16.5. The Balaban J connectivity index is 3.10. The van der Waals surface area contributed by atoms with Crippen molar-refractivity contribution in [2.24, 2.45) is 24.1 Å². The normalized spacial score (nSPS) is 14.2. The average Bonchev–Trinajstić information content (AvgIpc) is 2.78. The maximum Gasteiger partial charge on any atom is 0.313 e. The molecule has 1 unspecified atom stereocenters. The van der Waals surface area contributed by atoms with Gasteiger partial charge in [0.25, 0.3) is 0 Å². The molecule has 1 aromatic rings. The third kappa shape index (κ3) is 4.30. The Bertz CT molecular complexity index is 468. The lowest BCUT2D eigenvalue weighted by molar-refractivity contribution is -0.156. The Kier molecular flexibility index (Phi) is 6.40. The minimum atomic E-state index is -0.664. The molecule has 0 radical (unpaired) electrons. The second-order valence-electron chi connectivity index (χ2n) is 6.08. The lowest BCUT2D eigenvalue weighted by Gasteiger charge is -2.31. The van der Waals surface area contributed by atoms with Crippen molar-refractivity contribution in [3.8, 4) is 0 Å². The summed E-state index contributed by atoms with van der Waals surface area (Å²) in [6, 6.07) is 2.06. The standard InChI is InChI=1S/C16H29N3O2/c1-6-13-8-14(19(5)18-13)10-16(11-17,9-12(3)4)15(20)21-7-2/h8,12H,6-7,9-11,17H2,1-5H3. The number of hydrogen-bond donors (Lipinski definition) is 1. The van der Waals surface area contributed by atoms with E-state index in [0.29, 0.717) is 18.9 Å². The smallest absolute Gasteiger partial charge is 0.313 e. The zero-order valence-electron chi connectivity index (χ0n) is 14.0. The third-order valence-corrected chi connectivity index (χ3v) is 3.81. The fourth-order valence-electron chi connectivity index (χ4n) is 2.79. The summed E-state index contributed by atoms with van der Waals surface area (Å²) in [7, 11) is 1.91. The van der Waals surface area contributed by atoms with Crippen molar-refractivity contribution in [1.82, 2.24) is 9.78 Å².